The molecule has 23 heavy (non-hydrogen) atoms. The largest absolute Gasteiger partial charge is 0.493 e. The number of benzene rings is 2. The molecule has 2 rings (SSSR count). The zero-order valence-electron chi connectivity index (χ0n) is 13.0. The molecule has 0 unspecified atom stereocenters. The summed E-state index contributed by atoms with van der Waals surface area (Å²) in [6.45, 7) is 2.31. The summed E-state index contributed by atoms with van der Waals surface area (Å²) in [7, 11) is 0. The van der Waals surface area contributed by atoms with Crippen molar-refractivity contribution in [2.45, 2.75) is 32.5 Å². The number of rotatable bonds is 6. The summed E-state index contributed by atoms with van der Waals surface area (Å²) in [4.78, 5) is 0. The van der Waals surface area contributed by atoms with Gasteiger partial charge in [0.1, 0.15) is 5.75 Å². The van der Waals surface area contributed by atoms with Crippen molar-refractivity contribution in [1.29, 1.82) is 0 Å². The molecule has 0 heterocycles. The summed E-state index contributed by atoms with van der Waals surface area (Å²) in [5, 5.41) is 0. The average molecular weight is 323 g/mol. The molecule has 2 N–H and O–H groups in total. The van der Waals surface area contributed by atoms with Crippen LogP contribution < -0.4 is 10.5 Å². The molecule has 0 saturated carbocycles. The molecule has 0 fully saturated rings. The quantitative estimate of drug-likeness (QED) is 0.795. The van der Waals surface area contributed by atoms with E-state index >= 15 is 0 Å². The SMILES string of the molecule is Cc1cccc(CCCOc2ccc(CN)cc2C(F)(F)F)c1. The Bertz CT molecular complexity index is 653. The maximum absolute atomic E-state index is 13.1. The highest BCUT2D eigenvalue weighted by molar-refractivity contribution is 5.39. The van der Waals surface area contributed by atoms with Gasteiger partial charge in [0.25, 0.3) is 0 Å². The number of aryl methyl sites for hydroxylation is 2. The average Bonchev–Trinajstić information content (AvgIpc) is 2.51. The van der Waals surface area contributed by atoms with E-state index in [0.717, 1.165) is 18.1 Å². The highest BCUT2D eigenvalue weighted by atomic mass is 19.4. The van der Waals surface area contributed by atoms with Gasteiger partial charge < -0.3 is 10.5 Å². The lowest BCUT2D eigenvalue weighted by molar-refractivity contribution is -0.139. The third-order valence-electron chi connectivity index (χ3n) is 3.53. The number of alkyl halides is 3. The van der Waals surface area contributed by atoms with Crippen molar-refractivity contribution in [2.75, 3.05) is 6.61 Å². The van der Waals surface area contributed by atoms with E-state index < -0.39 is 11.7 Å². The van der Waals surface area contributed by atoms with Gasteiger partial charge in [-0.1, -0.05) is 35.9 Å². The zero-order valence-corrected chi connectivity index (χ0v) is 13.0. The molecule has 0 atom stereocenters. The van der Waals surface area contributed by atoms with E-state index in [0.29, 0.717) is 12.0 Å². The molecule has 2 nitrogen and oxygen atoms in total. The molecule has 0 aliphatic rings. The normalized spacial score (nSPS) is 11.5. The molecule has 0 aliphatic heterocycles. The first-order valence-corrected chi connectivity index (χ1v) is 7.48. The second-order valence-electron chi connectivity index (χ2n) is 5.47. The van der Waals surface area contributed by atoms with Crippen molar-refractivity contribution in [1.82, 2.24) is 0 Å². The number of ether oxygens (including phenoxy) is 1. The van der Waals surface area contributed by atoms with E-state index in [-0.39, 0.29) is 18.9 Å². The van der Waals surface area contributed by atoms with Gasteiger partial charge in [-0.25, -0.2) is 0 Å². The summed E-state index contributed by atoms with van der Waals surface area (Å²) >= 11 is 0. The Morgan fingerprint density at radius 1 is 1.04 bits per heavy atom. The monoisotopic (exact) mass is 323 g/mol. The first-order chi connectivity index (χ1) is 10.9. The predicted molar refractivity (Wildman–Crippen MR) is 84.3 cm³/mol. The number of hydrogen-bond donors (Lipinski definition) is 1. The van der Waals surface area contributed by atoms with Gasteiger partial charge in [-0.15, -0.1) is 0 Å². The van der Waals surface area contributed by atoms with E-state index in [2.05, 4.69) is 6.07 Å². The second kappa shape index (κ2) is 7.51. The Morgan fingerprint density at radius 3 is 2.48 bits per heavy atom. The Kier molecular flexibility index (Phi) is 5.66. The molecule has 0 amide bonds. The van der Waals surface area contributed by atoms with Gasteiger partial charge in [-0.3, -0.25) is 0 Å². The van der Waals surface area contributed by atoms with Crippen LogP contribution in [0.2, 0.25) is 0 Å². The van der Waals surface area contributed by atoms with Gasteiger partial charge >= 0.3 is 6.18 Å². The smallest absolute Gasteiger partial charge is 0.419 e. The van der Waals surface area contributed by atoms with Gasteiger partial charge in [0.15, 0.2) is 0 Å². The van der Waals surface area contributed by atoms with Crippen LogP contribution in [0.1, 0.15) is 28.7 Å². The lowest BCUT2D eigenvalue weighted by atomic mass is 10.1. The first kappa shape index (κ1) is 17.3. The van der Waals surface area contributed by atoms with E-state index in [4.69, 9.17) is 10.5 Å². The fraction of sp³-hybridized carbons (Fsp3) is 0.333. The van der Waals surface area contributed by atoms with Crippen molar-refractivity contribution in [3.8, 4) is 5.75 Å². The molecule has 0 saturated heterocycles. The maximum Gasteiger partial charge on any atom is 0.419 e. The van der Waals surface area contributed by atoms with Crippen LogP contribution in [-0.4, -0.2) is 6.61 Å². The lowest BCUT2D eigenvalue weighted by Gasteiger charge is -2.15. The highest BCUT2D eigenvalue weighted by Gasteiger charge is 2.34. The molecule has 0 bridgehead atoms. The molecule has 0 aliphatic carbocycles. The fourth-order valence-electron chi connectivity index (χ4n) is 2.38. The van der Waals surface area contributed by atoms with Crippen molar-refractivity contribution in [2.24, 2.45) is 5.73 Å². The van der Waals surface area contributed by atoms with Crippen molar-refractivity contribution in [3.63, 3.8) is 0 Å². The van der Waals surface area contributed by atoms with E-state index in [9.17, 15) is 13.2 Å². The standard InChI is InChI=1S/C18H20F3NO/c1-13-4-2-5-14(10-13)6-3-9-23-17-8-7-15(12-22)11-16(17)18(19,20)21/h2,4-5,7-8,10-11H,3,6,9,12,22H2,1H3. The third-order valence-corrected chi connectivity index (χ3v) is 3.53. The molecule has 0 spiro atoms. The summed E-state index contributed by atoms with van der Waals surface area (Å²) in [6.07, 6.45) is -3.03. The van der Waals surface area contributed by atoms with Crippen molar-refractivity contribution in [3.05, 3.63) is 64.7 Å². The van der Waals surface area contributed by atoms with E-state index in [1.807, 2.05) is 25.1 Å². The van der Waals surface area contributed by atoms with E-state index in [1.165, 1.54) is 11.6 Å². The van der Waals surface area contributed by atoms with Crippen LogP contribution in [0.25, 0.3) is 0 Å². The Balaban J connectivity index is 1.97. The summed E-state index contributed by atoms with van der Waals surface area (Å²) < 4.78 is 44.5. The van der Waals surface area contributed by atoms with Gasteiger partial charge in [-0.2, -0.15) is 13.2 Å². The zero-order chi connectivity index (χ0) is 16.9. The van der Waals surface area contributed by atoms with Crippen molar-refractivity contribution >= 4 is 0 Å². The molecule has 124 valence electrons. The van der Waals surface area contributed by atoms with Crippen LogP contribution in [0.5, 0.6) is 5.75 Å². The van der Waals surface area contributed by atoms with Crippen LogP contribution >= 0.6 is 0 Å². The molecule has 2 aromatic carbocycles. The number of nitrogens with two attached hydrogens (primary N) is 1. The first-order valence-electron chi connectivity index (χ1n) is 7.48. The van der Waals surface area contributed by atoms with Gasteiger partial charge in [-0.05, 0) is 43.0 Å². The molecule has 2 aromatic rings. The summed E-state index contributed by atoms with van der Waals surface area (Å²) in [5.74, 6) is -0.140. The summed E-state index contributed by atoms with van der Waals surface area (Å²) in [5.41, 5.74) is 7.39. The second-order valence-corrected chi connectivity index (χ2v) is 5.47. The highest BCUT2D eigenvalue weighted by Crippen LogP contribution is 2.36. The molecular formula is C18H20F3NO. The minimum absolute atomic E-state index is 0.0662. The minimum Gasteiger partial charge on any atom is -0.493 e. The maximum atomic E-state index is 13.1. The Labute approximate surface area is 134 Å². The van der Waals surface area contributed by atoms with Crippen molar-refractivity contribution < 1.29 is 17.9 Å². The molecule has 0 aromatic heterocycles. The van der Waals surface area contributed by atoms with Crippen LogP contribution in [0.3, 0.4) is 0 Å². The molecule has 0 radical (unpaired) electrons. The van der Waals surface area contributed by atoms with Crippen LogP contribution in [0.15, 0.2) is 42.5 Å². The van der Waals surface area contributed by atoms with E-state index in [1.54, 1.807) is 6.07 Å². The van der Waals surface area contributed by atoms with Gasteiger partial charge in [0.05, 0.1) is 12.2 Å². The van der Waals surface area contributed by atoms with Crippen LogP contribution in [-0.2, 0) is 19.1 Å². The molecule has 5 heteroatoms. The lowest BCUT2D eigenvalue weighted by Crippen LogP contribution is -2.11. The molecular weight excluding hydrogens is 303 g/mol. The number of hydrogen-bond acceptors (Lipinski definition) is 2. The van der Waals surface area contributed by atoms with Crippen LogP contribution in [0.4, 0.5) is 13.2 Å². The third kappa shape index (κ3) is 4.99. The Morgan fingerprint density at radius 2 is 1.83 bits per heavy atom. The summed E-state index contributed by atoms with van der Waals surface area (Å²) in [6, 6.07) is 12.0. The Hall–Kier alpha value is -2.01. The fourth-order valence-corrected chi connectivity index (χ4v) is 2.38. The van der Waals surface area contributed by atoms with Gasteiger partial charge in [0, 0.05) is 6.54 Å². The van der Waals surface area contributed by atoms with Gasteiger partial charge in [0.2, 0.25) is 0 Å². The van der Waals surface area contributed by atoms with Crippen LogP contribution in [0, 0.1) is 6.92 Å². The minimum atomic E-state index is -4.45. The predicted octanol–water partition coefficient (Wildman–Crippen LogP) is 4.48. The number of halogens is 3. The topological polar surface area (TPSA) is 35.2 Å².